The Balaban J connectivity index is 2.87. The van der Waals surface area contributed by atoms with Crippen LogP contribution >= 0.6 is 0 Å². The lowest BCUT2D eigenvalue weighted by molar-refractivity contribution is 0.544. The fraction of sp³-hybridized carbons (Fsp3) is 0.875. The Morgan fingerprint density at radius 3 is 1.71 bits per heavy atom. The first kappa shape index (κ1) is 16.5. The van der Waals surface area contributed by atoms with E-state index in [1.54, 1.807) is 0 Å². The van der Waals surface area contributed by atoms with Gasteiger partial charge in [-0.1, -0.05) is 77.1 Å². The summed E-state index contributed by atoms with van der Waals surface area (Å²) in [7, 11) is 0. The molecular formula is C16H31N. The van der Waals surface area contributed by atoms with E-state index in [-0.39, 0.29) is 0 Å². The van der Waals surface area contributed by atoms with Gasteiger partial charge in [0.25, 0.3) is 0 Å². The molecule has 1 N–H and O–H groups in total. The van der Waals surface area contributed by atoms with Gasteiger partial charge in [-0.25, -0.2) is 0 Å². The molecule has 0 atom stereocenters. The minimum Gasteiger partial charge on any atom is -0.306 e. The van der Waals surface area contributed by atoms with Crippen molar-refractivity contribution >= 4 is 0 Å². The molecule has 17 heavy (non-hydrogen) atoms. The van der Waals surface area contributed by atoms with Crippen LogP contribution in [0.3, 0.4) is 0 Å². The molecule has 0 rings (SSSR count). The van der Waals surface area contributed by atoms with Gasteiger partial charge in [0.15, 0.2) is 0 Å². The highest BCUT2D eigenvalue weighted by Crippen LogP contribution is 2.10. The summed E-state index contributed by atoms with van der Waals surface area (Å²) in [6.07, 6.45) is 20.6. The fourth-order valence-electron chi connectivity index (χ4n) is 2.07. The topological polar surface area (TPSA) is 12.0 Å². The minimum absolute atomic E-state index is 0.720. The maximum absolute atomic E-state index is 5.16. The van der Waals surface area contributed by atoms with Crippen LogP contribution in [0.4, 0.5) is 0 Å². The molecule has 0 heterocycles. The van der Waals surface area contributed by atoms with Crippen LogP contribution in [0, 0.1) is 12.3 Å². The molecule has 0 aromatic carbocycles. The monoisotopic (exact) mass is 237 g/mol. The third-order valence-corrected chi connectivity index (χ3v) is 3.18. The van der Waals surface area contributed by atoms with Crippen LogP contribution < -0.4 is 5.32 Å². The van der Waals surface area contributed by atoms with Gasteiger partial charge in [0.2, 0.25) is 0 Å². The molecule has 0 aromatic rings. The quantitative estimate of drug-likeness (QED) is 0.367. The number of rotatable bonds is 13. The molecule has 0 aliphatic rings. The van der Waals surface area contributed by atoms with Crippen molar-refractivity contribution in [2.45, 2.75) is 77.6 Å². The van der Waals surface area contributed by atoms with E-state index in [1.807, 2.05) is 0 Å². The van der Waals surface area contributed by atoms with Crippen molar-refractivity contribution in [1.29, 1.82) is 0 Å². The smallest absolute Gasteiger partial charge is 0.0573 e. The average molecular weight is 237 g/mol. The standard InChI is InChI=1S/C16H31N/c1-3-5-6-7-8-9-10-11-12-13-14-16-17-15-4-2/h2,17H,3,5-16H2,1H3. The second-order valence-electron chi connectivity index (χ2n) is 4.92. The first-order valence-electron chi connectivity index (χ1n) is 7.56. The summed E-state index contributed by atoms with van der Waals surface area (Å²) < 4.78 is 0. The molecule has 0 amide bonds. The van der Waals surface area contributed by atoms with Gasteiger partial charge in [-0.05, 0) is 13.0 Å². The summed E-state index contributed by atoms with van der Waals surface area (Å²) in [6.45, 7) is 4.08. The van der Waals surface area contributed by atoms with Gasteiger partial charge in [0, 0.05) is 0 Å². The zero-order valence-electron chi connectivity index (χ0n) is 11.8. The molecule has 0 spiro atoms. The second kappa shape index (κ2) is 15.5. The van der Waals surface area contributed by atoms with Gasteiger partial charge in [-0.3, -0.25) is 0 Å². The highest BCUT2D eigenvalue weighted by Gasteiger charge is 1.92. The molecule has 0 aliphatic carbocycles. The van der Waals surface area contributed by atoms with Crippen LogP contribution in [0.2, 0.25) is 0 Å². The summed E-state index contributed by atoms with van der Waals surface area (Å²) in [4.78, 5) is 0. The lowest BCUT2D eigenvalue weighted by atomic mass is 10.1. The summed E-state index contributed by atoms with van der Waals surface area (Å²) in [6, 6.07) is 0. The van der Waals surface area contributed by atoms with Crippen molar-refractivity contribution in [2.75, 3.05) is 13.1 Å². The van der Waals surface area contributed by atoms with Crippen LogP contribution in [0.1, 0.15) is 77.6 Å². The highest BCUT2D eigenvalue weighted by molar-refractivity contribution is 4.86. The zero-order valence-corrected chi connectivity index (χ0v) is 11.8. The van der Waals surface area contributed by atoms with Crippen molar-refractivity contribution in [3.63, 3.8) is 0 Å². The van der Waals surface area contributed by atoms with E-state index in [9.17, 15) is 0 Å². The summed E-state index contributed by atoms with van der Waals surface area (Å²) in [5.41, 5.74) is 0. The van der Waals surface area contributed by atoms with Crippen LogP contribution in [-0.2, 0) is 0 Å². The van der Waals surface area contributed by atoms with Crippen molar-refractivity contribution in [2.24, 2.45) is 0 Å². The van der Waals surface area contributed by atoms with Gasteiger partial charge >= 0.3 is 0 Å². The van der Waals surface area contributed by atoms with E-state index < -0.39 is 0 Å². The SMILES string of the molecule is C#CCNCCCCCCCCCCCCC. The van der Waals surface area contributed by atoms with Crippen LogP contribution in [0.25, 0.3) is 0 Å². The molecular weight excluding hydrogens is 206 g/mol. The zero-order chi connectivity index (χ0) is 12.6. The molecule has 0 aromatic heterocycles. The maximum atomic E-state index is 5.16. The number of hydrogen-bond donors (Lipinski definition) is 1. The third-order valence-electron chi connectivity index (χ3n) is 3.18. The van der Waals surface area contributed by atoms with E-state index in [0.717, 1.165) is 13.1 Å². The molecule has 1 heteroatoms. The molecule has 100 valence electrons. The van der Waals surface area contributed by atoms with Crippen molar-refractivity contribution in [3.05, 3.63) is 0 Å². The Labute approximate surface area is 109 Å². The number of unbranched alkanes of at least 4 members (excludes halogenated alkanes) is 10. The number of terminal acetylenes is 1. The van der Waals surface area contributed by atoms with Gasteiger partial charge in [-0.15, -0.1) is 6.42 Å². The van der Waals surface area contributed by atoms with E-state index in [4.69, 9.17) is 6.42 Å². The number of hydrogen-bond acceptors (Lipinski definition) is 1. The fourth-order valence-corrected chi connectivity index (χ4v) is 2.07. The van der Waals surface area contributed by atoms with Crippen molar-refractivity contribution in [3.8, 4) is 12.3 Å². The Kier molecular flexibility index (Phi) is 15.1. The van der Waals surface area contributed by atoms with Crippen molar-refractivity contribution in [1.82, 2.24) is 5.32 Å². The first-order valence-corrected chi connectivity index (χ1v) is 7.56. The molecule has 1 nitrogen and oxygen atoms in total. The summed E-state index contributed by atoms with van der Waals surface area (Å²) in [5.74, 6) is 2.60. The molecule has 0 unspecified atom stereocenters. The lowest BCUT2D eigenvalue weighted by Gasteiger charge is -2.03. The molecule has 0 saturated heterocycles. The van der Waals surface area contributed by atoms with Gasteiger partial charge in [0.05, 0.1) is 6.54 Å². The third kappa shape index (κ3) is 15.5. The molecule has 0 saturated carbocycles. The van der Waals surface area contributed by atoms with Gasteiger partial charge in [0.1, 0.15) is 0 Å². The maximum Gasteiger partial charge on any atom is 0.0573 e. The molecule has 0 radical (unpaired) electrons. The van der Waals surface area contributed by atoms with E-state index in [1.165, 1.54) is 70.6 Å². The number of nitrogens with one attached hydrogen (secondary N) is 1. The van der Waals surface area contributed by atoms with Gasteiger partial charge in [-0.2, -0.15) is 0 Å². The molecule has 0 fully saturated rings. The molecule has 0 aliphatic heterocycles. The Hall–Kier alpha value is -0.480. The molecule has 0 bridgehead atoms. The van der Waals surface area contributed by atoms with Crippen LogP contribution in [0.5, 0.6) is 0 Å². The second-order valence-corrected chi connectivity index (χ2v) is 4.92. The highest BCUT2D eigenvalue weighted by atomic mass is 14.8. The Bertz CT molecular complexity index is 169. The van der Waals surface area contributed by atoms with E-state index in [0.29, 0.717) is 0 Å². The normalized spacial score (nSPS) is 10.4. The van der Waals surface area contributed by atoms with Crippen LogP contribution in [0.15, 0.2) is 0 Å². The largest absolute Gasteiger partial charge is 0.306 e. The van der Waals surface area contributed by atoms with Crippen LogP contribution in [-0.4, -0.2) is 13.1 Å². The summed E-state index contributed by atoms with van der Waals surface area (Å²) >= 11 is 0. The summed E-state index contributed by atoms with van der Waals surface area (Å²) in [5, 5.41) is 3.23. The average Bonchev–Trinajstić information content (AvgIpc) is 2.35. The lowest BCUT2D eigenvalue weighted by Crippen LogP contribution is -2.14. The van der Waals surface area contributed by atoms with Crippen molar-refractivity contribution < 1.29 is 0 Å². The van der Waals surface area contributed by atoms with E-state index in [2.05, 4.69) is 18.2 Å². The van der Waals surface area contributed by atoms with E-state index >= 15 is 0 Å². The Morgan fingerprint density at radius 1 is 0.765 bits per heavy atom. The van der Waals surface area contributed by atoms with Gasteiger partial charge < -0.3 is 5.32 Å². The first-order chi connectivity index (χ1) is 8.41. The predicted octanol–water partition coefficient (Wildman–Crippen LogP) is 4.52. The Morgan fingerprint density at radius 2 is 1.24 bits per heavy atom. The minimum atomic E-state index is 0.720. The predicted molar refractivity (Wildman–Crippen MR) is 78.2 cm³/mol.